The van der Waals surface area contributed by atoms with Crippen LogP contribution in [0, 0.1) is 5.82 Å². The Bertz CT molecular complexity index is 400. The van der Waals surface area contributed by atoms with Crippen LogP contribution < -0.4 is 0 Å². The van der Waals surface area contributed by atoms with E-state index in [1.54, 1.807) is 18.2 Å². The van der Waals surface area contributed by atoms with Gasteiger partial charge in [-0.2, -0.15) is 0 Å². The molecule has 4 heteroatoms. The first-order valence-corrected chi connectivity index (χ1v) is 6.26. The van der Waals surface area contributed by atoms with Crippen LogP contribution in [0.1, 0.15) is 31.2 Å². The van der Waals surface area contributed by atoms with Crippen molar-refractivity contribution >= 4 is 5.97 Å². The molecule has 0 amide bonds. The average molecular weight is 252 g/mol. The quantitative estimate of drug-likeness (QED) is 0.756. The molecule has 1 heterocycles. The number of carbonyl (C=O) groups is 1. The zero-order valence-electron chi connectivity index (χ0n) is 10.2. The molecule has 18 heavy (non-hydrogen) atoms. The van der Waals surface area contributed by atoms with E-state index in [4.69, 9.17) is 9.47 Å². The number of ether oxygens (including phenoxy) is 2. The molecule has 1 atom stereocenters. The molecule has 1 unspecified atom stereocenters. The molecule has 0 bridgehead atoms. The molecule has 0 spiro atoms. The average Bonchev–Trinajstić information content (AvgIpc) is 2.88. The second-order valence-electron chi connectivity index (χ2n) is 4.43. The lowest BCUT2D eigenvalue weighted by molar-refractivity contribution is -0.145. The summed E-state index contributed by atoms with van der Waals surface area (Å²) in [5, 5.41) is 0. The lowest BCUT2D eigenvalue weighted by Gasteiger charge is -2.09. The third-order valence-corrected chi connectivity index (χ3v) is 3.04. The summed E-state index contributed by atoms with van der Waals surface area (Å²) in [4.78, 5) is 11.5. The number of hydrogen-bond donors (Lipinski definition) is 0. The number of esters is 1. The van der Waals surface area contributed by atoms with E-state index in [1.165, 1.54) is 6.07 Å². The van der Waals surface area contributed by atoms with E-state index in [9.17, 15) is 9.18 Å². The van der Waals surface area contributed by atoms with Crippen LogP contribution in [0.25, 0.3) is 0 Å². The minimum atomic E-state index is -0.343. The van der Waals surface area contributed by atoms with Crippen molar-refractivity contribution in [2.75, 3.05) is 6.61 Å². The first-order chi connectivity index (χ1) is 8.75. The zero-order chi connectivity index (χ0) is 12.8. The van der Waals surface area contributed by atoms with Crippen molar-refractivity contribution in [3.05, 3.63) is 35.6 Å². The molecule has 3 nitrogen and oxygen atoms in total. The number of carbonyl (C=O) groups excluding carboxylic acids is 1. The van der Waals surface area contributed by atoms with Gasteiger partial charge in [0.1, 0.15) is 12.4 Å². The summed E-state index contributed by atoms with van der Waals surface area (Å²) < 4.78 is 23.7. The van der Waals surface area contributed by atoms with Crippen LogP contribution in [0.5, 0.6) is 0 Å². The van der Waals surface area contributed by atoms with Crippen molar-refractivity contribution in [1.82, 2.24) is 0 Å². The molecule has 0 aromatic heterocycles. The van der Waals surface area contributed by atoms with Crippen molar-refractivity contribution < 1.29 is 18.7 Å². The predicted octanol–water partition coefficient (Wildman–Crippen LogP) is 2.83. The molecule has 1 saturated heterocycles. The molecule has 0 N–H and O–H groups in total. The maximum atomic E-state index is 13.3. The summed E-state index contributed by atoms with van der Waals surface area (Å²) in [6, 6.07) is 6.30. The fourth-order valence-electron chi connectivity index (χ4n) is 2.00. The van der Waals surface area contributed by atoms with Gasteiger partial charge < -0.3 is 9.47 Å². The van der Waals surface area contributed by atoms with Crippen molar-refractivity contribution in [3.63, 3.8) is 0 Å². The zero-order valence-corrected chi connectivity index (χ0v) is 10.2. The molecule has 0 saturated carbocycles. The number of benzene rings is 1. The molecule has 2 rings (SSSR count). The van der Waals surface area contributed by atoms with Crippen molar-refractivity contribution in [1.29, 1.82) is 0 Å². The predicted molar refractivity (Wildman–Crippen MR) is 64.4 cm³/mol. The van der Waals surface area contributed by atoms with Crippen LogP contribution >= 0.6 is 0 Å². The molecule has 98 valence electrons. The summed E-state index contributed by atoms with van der Waals surface area (Å²) >= 11 is 0. The molecule has 1 aromatic rings. The smallest absolute Gasteiger partial charge is 0.306 e. The Labute approximate surface area is 106 Å². The molecule has 0 aliphatic carbocycles. The van der Waals surface area contributed by atoms with Gasteiger partial charge in [0.05, 0.1) is 6.10 Å². The Kier molecular flexibility index (Phi) is 4.70. The monoisotopic (exact) mass is 252 g/mol. The standard InChI is InChI=1S/C14H17FO3/c15-13-6-2-1-4-11(13)10-18-14(16)8-7-12-5-3-9-17-12/h1-2,4,6,12H,3,5,7-10H2. The van der Waals surface area contributed by atoms with Crippen molar-refractivity contribution in [3.8, 4) is 0 Å². The minimum absolute atomic E-state index is 0.00295. The number of halogens is 1. The molecular formula is C14H17FO3. The Morgan fingerprint density at radius 1 is 1.44 bits per heavy atom. The fourth-order valence-corrected chi connectivity index (χ4v) is 2.00. The SMILES string of the molecule is O=C(CCC1CCCO1)OCc1ccccc1F. The molecule has 1 aliphatic rings. The lowest BCUT2D eigenvalue weighted by atomic mass is 10.1. The highest BCUT2D eigenvalue weighted by Gasteiger charge is 2.17. The van der Waals surface area contributed by atoms with Crippen LogP contribution in [0.15, 0.2) is 24.3 Å². The van der Waals surface area contributed by atoms with Gasteiger partial charge in [0, 0.05) is 18.6 Å². The summed E-state index contributed by atoms with van der Waals surface area (Å²) in [6.45, 7) is 0.784. The van der Waals surface area contributed by atoms with E-state index in [-0.39, 0.29) is 24.5 Å². The lowest BCUT2D eigenvalue weighted by Crippen LogP contribution is -2.11. The highest BCUT2D eigenvalue weighted by atomic mass is 19.1. The fraction of sp³-hybridized carbons (Fsp3) is 0.500. The Balaban J connectivity index is 1.69. The maximum Gasteiger partial charge on any atom is 0.306 e. The summed E-state index contributed by atoms with van der Waals surface area (Å²) in [6.07, 6.45) is 3.29. The van der Waals surface area contributed by atoms with Crippen LogP contribution in [0.3, 0.4) is 0 Å². The second kappa shape index (κ2) is 6.50. The number of rotatable bonds is 5. The van der Waals surface area contributed by atoms with Gasteiger partial charge in [-0.3, -0.25) is 4.79 Å². The molecule has 0 radical (unpaired) electrons. The van der Waals surface area contributed by atoms with Crippen molar-refractivity contribution in [2.24, 2.45) is 0 Å². The molecule has 1 aliphatic heterocycles. The third kappa shape index (κ3) is 3.81. The van der Waals surface area contributed by atoms with E-state index >= 15 is 0 Å². The van der Waals surface area contributed by atoms with E-state index in [0.29, 0.717) is 18.4 Å². The van der Waals surface area contributed by atoms with Gasteiger partial charge in [0.15, 0.2) is 0 Å². The summed E-state index contributed by atoms with van der Waals surface area (Å²) in [7, 11) is 0. The van der Waals surface area contributed by atoms with Gasteiger partial charge in [0.2, 0.25) is 0 Å². The van der Waals surface area contributed by atoms with E-state index in [0.717, 1.165) is 19.4 Å². The van der Waals surface area contributed by atoms with E-state index in [2.05, 4.69) is 0 Å². The molecule has 1 aromatic carbocycles. The Morgan fingerprint density at radius 2 is 2.28 bits per heavy atom. The van der Waals surface area contributed by atoms with Crippen LogP contribution in [-0.2, 0) is 20.9 Å². The first-order valence-electron chi connectivity index (χ1n) is 6.26. The normalized spacial score (nSPS) is 18.8. The minimum Gasteiger partial charge on any atom is -0.461 e. The molecular weight excluding hydrogens is 235 g/mol. The summed E-state index contributed by atoms with van der Waals surface area (Å²) in [5.74, 6) is -0.641. The number of hydrogen-bond acceptors (Lipinski definition) is 3. The van der Waals surface area contributed by atoms with E-state index in [1.807, 2.05) is 0 Å². The van der Waals surface area contributed by atoms with Gasteiger partial charge >= 0.3 is 5.97 Å². The Hall–Kier alpha value is -1.42. The van der Waals surface area contributed by atoms with Gasteiger partial charge in [-0.05, 0) is 25.3 Å². The maximum absolute atomic E-state index is 13.3. The largest absolute Gasteiger partial charge is 0.461 e. The van der Waals surface area contributed by atoms with Crippen LogP contribution in [0.4, 0.5) is 4.39 Å². The van der Waals surface area contributed by atoms with Gasteiger partial charge in [0.25, 0.3) is 0 Å². The van der Waals surface area contributed by atoms with Crippen molar-refractivity contribution in [2.45, 2.75) is 38.4 Å². The van der Waals surface area contributed by atoms with Crippen LogP contribution in [0.2, 0.25) is 0 Å². The van der Waals surface area contributed by atoms with E-state index < -0.39 is 0 Å². The molecule has 1 fully saturated rings. The first kappa shape index (κ1) is 13.0. The summed E-state index contributed by atoms with van der Waals surface area (Å²) in [5.41, 5.74) is 0.406. The highest BCUT2D eigenvalue weighted by molar-refractivity contribution is 5.69. The van der Waals surface area contributed by atoms with Gasteiger partial charge in [-0.1, -0.05) is 18.2 Å². The highest BCUT2D eigenvalue weighted by Crippen LogP contribution is 2.17. The van der Waals surface area contributed by atoms with Gasteiger partial charge in [-0.15, -0.1) is 0 Å². The second-order valence-corrected chi connectivity index (χ2v) is 4.43. The van der Waals surface area contributed by atoms with Crippen LogP contribution in [-0.4, -0.2) is 18.7 Å². The Morgan fingerprint density at radius 3 is 3.00 bits per heavy atom. The van der Waals surface area contributed by atoms with Gasteiger partial charge in [-0.25, -0.2) is 4.39 Å². The topological polar surface area (TPSA) is 35.5 Å². The third-order valence-electron chi connectivity index (χ3n) is 3.04.